The van der Waals surface area contributed by atoms with E-state index in [-0.39, 0.29) is 29.5 Å². The number of likely N-dealkylation sites (tertiary alicyclic amines) is 2. The Morgan fingerprint density at radius 1 is 0.962 bits per heavy atom. The zero-order chi connectivity index (χ0) is 18.0. The molecule has 2 aliphatic rings. The van der Waals surface area contributed by atoms with Crippen LogP contribution < -0.4 is 10.6 Å². The van der Waals surface area contributed by atoms with E-state index in [1.54, 1.807) is 0 Å². The zero-order valence-corrected chi connectivity index (χ0v) is 19.7. The average molecular weight is 479 g/mol. The summed E-state index contributed by atoms with van der Waals surface area (Å²) in [5.41, 5.74) is 0.276. The normalized spacial score (nSPS) is 21.9. The number of aliphatic imine (C=N–C) groups is 1. The molecule has 0 amide bonds. The van der Waals surface area contributed by atoms with Gasteiger partial charge in [0.1, 0.15) is 0 Å². The smallest absolute Gasteiger partial charge is 0.191 e. The number of unbranched alkanes of at least 4 members (excludes halogenated alkanes) is 2. The van der Waals surface area contributed by atoms with Crippen LogP contribution in [-0.2, 0) is 0 Å². The molecule has 2 aliphatic heterocycles. The van der Waals surface area contributed by atoms with Crippen molar-refractivity contribution in [1.82, 2.24) is 20.4 Å². The van der Waals surface area contributed by atoms with Crippen molar-refractivity contribution < 1.29 is 0 Å². The molecule has 0 aromatic carbocycles. The monoisotopic (exact) mass is 479 g/mol. The molecule has 0 radical (unpaired) electrons. The molecule has 2 rings (SSSR count). The van der Waals surface area contributed by atoms with Gasteiger partial charge in [0, 0.05) is 18.6 Å². The molecule has 2 heterocycles. The van der Waals surface area contributed by atoms with Gasteiger partial charge in [0.05, 0.1) is 6.54 Å². The number of piperidine rings is 2. The molecule has 0 saturated carbocycles. The fraction of sp³-hybridized carbons (Fsp3) is 0.950. The van der Waals surface area contributed by atoms with Crippen LogP contribution in [0.5, 0.6) is 0 Å². The van der Waals surface area contributed by atoms with Crippen LogP contribution in [0.4, 0.5) is 0 Å². The van der Waals surface area contributed by atoms with Crippen molar-refractivity contribution in [2.45, 2.75) is 70.8 Å². The van der Waals surface area contributed by atoms with Gasteiger partial charge < -0.3 is 15.5 Å². The molecule has 0 bridgehead atoms. The molecule has 0 spiro atoms. The fourth-order valence-electron chi connectivity index (χ4n) is 4.13. The van der Waals surface area contributed by atoms with Gasteiger partial charge in [0.25, 0.3) is 0 Å². The van der Waals surface area contributed by atoms with E-state index < -0.39 is 0 Å². The van der Waals surface area contributed by atoms with Crippen LogP contribution in [0.25, 0.3) is 0 Å². The molecule has 0 aromatic heterocycles. The van der Waals surface area contributed by atoms with Crippen LogP contribution in [-0.4, -0.2) is 74.2 Å². The molecule has 2 saturated heterocycles. The molecular weight excluding hydrogens is 437 g/mol. The predicted molar refractivity (Wildman–Crippen MR) is 124 cm³/mol. The van der Waals surface area contributed by atoms with Crippen molar-refractivity contribution in [3.8, 4) is 0 Å². The minimum Gasteiger partial charge on any atom is -0.357 e. The highest BCUT2D eigenvalue weighted by atomic mass is 127. The largest absolute Gasteiger partial charge is 0.357 e. The van der Waals surface area contributed by atoms with Crippen molar-refractivity contribution in [3.63, 3.8) is 0 Å². The second-order valence-corrected chi connectivity index (χ2v) is 7.90. The quantitative estimate of drug-likeness (QED) is 0.243. The maximum atomic E-state index is 5.04. The summed E-state index contributed by atoms with van der Waals surface area (Å²) in [5, 5.41) is 6.97. The third-order valence-corrected chi connectivity index (χ3v) is 5.89. The number of rotatable bonds is 8. The lowest BCUT2D eigenvalue weighted by Crippen LogP contribution is -2.58. The predicted octanol–water partition coefficient (Wildman–Crippen LogP) is 3.30. The number of halogens is 1. The van der Waals surface area contributed by atoms with Crippen molar-refractivity contribution >= 4 is 29.9 Å². The SMILES string of the molecule is CCCCCNC(=NCC1(N2CCCCC2)CCN(C)CC1)NCC.I. The van der Waals surface area contributed by atoms with E-state index in [0.717, 1.165) is 25.6 Å². The highest BCUT2D eigenvalue weighted by Crippen LogP contribution is 2.31. The van der Waals surface area contributed by atoms with Gasteiger partial charge in [-0.1, -0.05) is 26.2 Å². The third-order valence-electron chi connectivity index (χ3n) is 5.89. The van der Waals surface area contributed by atoms with Gasteiger partial charge in [-0.05, 0) is 72.3 Å². The highest BCUT2D eigenvalue weighted by Gasteiger charge is 2.39. The number of hydrogen-bond acceptors (Lipinski definition) is 3. The summed E-state index contributed by atoms with van der Waals surface area (Å²) in [5.74, 6) is 1.01. The molecule has 5 nitrogen and oxygen atoms in total. The summed E-state index contributed by atoms with van der Waals surface area (Å²) < 4.78 is 0. The van der Waals surface area contributed by atoms with Crippen LogP contribution in [0, 0.1) is 0 Å². The molecule has 26 heavy (non-hydrogen) atoms. The van der Waals surface area contributed by atoms with Crippen LogP contribution in [0.1, 0.15) is 65.2 Å². The molecule has 0 aromatic rings. The van der Waals surface area contributed by atoms with E-state index in [0.29, 0.717) is 0 Å². The number of guanidine groups is 1. The van der Waals surface area contributed by atoms with Gasteiger partial charge in [0.2, 0.25) is 0 Å². The molecule has 0 aliphatic carbocycles. The number of nitrogens with zero attached hydrogens (tertiary/aromatic N) is 3. The van der Waals surface area contributed by atoms with E-state index in [2.05, 4.69) is 41.3 Å². The van der Waals surface area contributed by atoms with Crippen LogP contribution in [0.15, 0.2) is 4.99 Å². The lowest BCUT2D eigenvalue weighted by molar-refractivity contribution is 0.0208. The first kappa shape index (κ1) is 24.0. The Hall–Kier alpha value is -0.0800. The summed E-state index contributed by atoms with van der Waals surface area (Å²) in [6.07, 6.45) is 10.4. The van der Waals surface area contributed by atoms with E-state index in [1.165, 1.54) is 77.5 Å². The lowest BCUT2D eigenvalue weighted by Gasteiger charge is -2.49. The summed E-state index contributed by atoms with van der Waals surface area (Å²) in [6.45, 7) is 12.2. The summed E-state index contributed by atoms with van der Waals surface area (Å²) in [7, 11) is 2.25. The minimum atomic E-state index is 0. The Labute approximate surface area is 178 Å². The first-order valence-electron chi connectivity index (χ1n) is 10.7. The second kappa shape index (κ2) is 13.2. The minimum absolute atomic E-state index is 0. The molecule has 6 heteroatoms. The summed E-state index contributed by atoms with van der Waals surface area (Å²) >= 11 is 0. The maximum absolute atomic E-state index is 5.04. The van der Waals surface area contributed by atoms with Gasteiger partial charge in [-0.3, -0.25) is 9.89 Å². The van der Waals surface area contributed by atoms with Gasteiger partial charge in [-0.2, -0.15) is 0 Å². The highest BCUT2D eigenvalue weighted by molar-refractivity contribution is 14.0. The molecule has 0 atom stereocenters. The standard InChI is InChI=1S/C20H41N5.HI/c1-4-6-8-13-22-19(21-5-2)23-18-20(11-16-24(3)17-12-20)25-14-9-7-10-15-25;/h4-18H2,1-3H3,(H2,21,22,23);1H. The number of nitrogens with one attached hydrogen (secondary N) is 2. The van der Waals surface area contributed by atoms with Crippen molar-refractivity contribution in [2.24, 2.45) is 4.99 Å². The van der Waals surface area contributed by atoms with E-state index in [9.17, 15) is 0 Å². The first-order chi connectivity index (χ1) is 12.2. The van der Waals surface area contributed by atoms with E-state index >= 15 is 0 Å². The summed E-state index contributed by atoms with van der Waals surface area (Å²) in [4.78, 5) is 10.3. The van der Waals surface area contributed by atoms with Gasteiger partial charge in [-0.25, -0.2) is 0 Å². The Bertz CT molecular complexity index is 388. The second-order valence-electron chi connectivity index (χ2n) is 7.90. The Balaban J connectivity index is 0.00000338. The van der Waals surface area contributed by atoms with Gasteiger partial charge in [-0.15, -0.1) is 24.0 Å². The maximum Gasteiger partial charge on any atom is 0.191 e. The van der Waals surface area contributed by atoms with Crippen molar-refractivity contribution in [3.05, 3.63) is 0 Å². The Morgan fingerprint density at radius 2 is 1.65 bits per heavy atom. The number of hydrogen-bond donors (Lipinski definition) is 2. The van der Waals surface area contributed by atoms with Crippen LogP contribution in [0.2, 0.25) is 0 Å². The van der Waals surface area contributed by atoms with Gasteiger partial charge in [0.15, 0.2) is 5.96 Å². The van der Waals surface area contributed by atoms with Crippen LogP contribution in [0.3, 0.4) is 0 Å². The average Bonchev–Trinajstić information content (AvgIpc) is 2.65. The molecule has 154 valence electrons. The fourth-order valence-corrected chi connectivity index (χ4v) is 4.13. The lowest BCUT2D eigenvalue weighted by atomic mass is 9.84. The Kier molecular flexibility index (Phi) is 12.1. The molecule has 2 fully saturated rings. The molecule has 0 unspecified atom stereocenters. The molecule has 2 N–H and O–H groups in total. The zero-order valence-electron chi connectivity index (χ0n) is 17.4. The third kappa shape index (κ3) is 7.50. The van der Waals surface area contributed by atoms with E-state index in [1.807, 2.05) is 0 Å². The Morgan fingerprint density at radius 3 is 2.27 bits per heavy atom. The van der Waals surface area contributed by atoms with Gasteiger partial charge >= 0.3 is 0 Å². The van der Waals surface area contributed by atoms with Crippen LogP contribution >= 0.6 is 24.0 Å². The van der Waals surface area contributed by atoms with Crippen molar-refractivity contribution in [2.75, 3.05) is 52.9 Å². The van der Waals surface area contributed by atoms with E-state index in [4.69, 9.17) is 4.99 Å². The topological polar surface area (TPSA) is 42.9 Å². The molecular formula is C20H42IN5. The summed E-state index contributed by atoms with van der Waals surface area (Å²) in [6, 6.07) is 0. The van der Waals surface area contributed by atoms with Crippen molar-refractivity contribution in [1.29, 1.82) is 0 Å². The first-order valence-corrected chi connectivity index (χ1v) is 10.7.